The maximum absolute atomic E-state index is 11.9. The number of amides is 1. The molecule has 0 saturated heterocycles. The first-order valence-electron chi connectivity index (χ1n) is 6.40. The molecule has 100 valence electrons. The predicted octanol–water partition coefficient (Wildman–Crippen LogP) is 3.50. The summed E-state index contributed by atoms with van der Waals surface area (Å²) in [6.07, 6.45) is 1.27. The lowest BCUT2D eigenvalue weighted by Gasteiger charge is -2.03. The molecular weight excluding hydrogens is 256 g/mol. The number of rotatable bonds is 4. The number of anilines is 1. The van der Waals surface area contributed by atoms with E-state index in [0.717, 1.165) is 22.8 Å². The maximum atomic E-state index is 11.9. The standard InChI is InChI=1S/C15H18N2OS/c1-4-13-11(3)19-15(17-13)9-14(18)16-12-7-5-10(2)6-8-12/h5-8H,4,9H2,1-3H3,(H,16,18). The lowest BCUT2D eigenvalue weighted by Crippen LogP contribution is -2.14. The fourth-order valence-corrected chi connectivity index (χ4v) is 2.89. The van der Waals surface area contributed by atoms with Crippen molar-refractivity contribution in [3.05, 3.63) is 45.4 Å². The molecule has 0 atom stereocenters. The normalized spacial score (nSPS) is 10.5. The quantitative estimate of drug-likeness (QED) is 0.927. The molecule has 0 saturated carbocycles. The van der Waals surface area contributed by atoms with Crippen molar-refractivity contribution in [3.63, 3.8) is 0 Å². The van der Waals surface area contributed by atoms with Crippen LogP contribution in [0.3, 0.4) is 0 Å². The van der Waals surface area contributed by atoms with Crippen molar-refractivity contribution in [2.45, 2.75) is 33.6 Å². The first-order chi connectivity index (χ1) is 9.08. The van der Waals surface area contributed by atoms with Gasteiger partial charge in [-0.15, -0.1) is 11.3 Å². The first-order valence-corrected chi connectivity index (χ1v) is 7.22. The summed E-state index contributed by atoms with van der Waals surface area (Å²) in [6, 6.07) is 7.80. The van der Waals surface area contributed by atoms with Crippen LogP contribution in [0, 0.1) is 13.8 Å². The van der Waals surface area contributed by atoms with Crippen molar-refractivity contribution in [1.29, 1.82) is 0 Å². The van der Waals surface area contributed by atoms with Crippen molar-refractivity contribution >= 4 is 22.9 Å². The lowest BCUT2D eigenvalue weighted by molar-refractivity contribution is -0.115. The van der Waals surface area contributed by atoms with E-state index in [-0.39, 0.29) is 5.91 Å². The van der Waals surface area contributed by atoms with E-state index >= 15 is 0 Å². The molecular formula is C15H18N2OS. The number of carbonyl (C=O) groups is 1. The van der Waals surface area contributed by atoms with Crippen LogP contribution in [0.4, 0.5) is 5.69 Å². The third-order valence-corrected chi connectivity index (χ3v) is 3.93. The van der Waals surface area contributed by atoms with Crippen LogP contribution in [0.25, 0.3) is 0 Å². The van der Waals surface area contributed by atoms with Gasteiger partial charge in [-0.2, -0.15) is 0 Å². The van der Waals surface area contributed by atoms with Gasteiger partial charge < -0.3 is 5.32 Å². The SMILES string of the molecule is CCc1nc(CC(=O)Nc2ccc(C)cc2)sc1C. The van der Waals surface area contributed by atoms with Gasteiger partial charge in [-0.1, -0.05) is 24.6 Å². The molecule has 1 N–H and O–H groups in total. The number of thiazole rings is 1. The second-order valence-corrected chi connectivity index (χ2v) is 5.84. The number of benzene rings is 1. The third-order valence-electron chi connectivity index (χ3n) is 2.92. The fourth-order valence-electron chi connectivity index (χ4n) is 1.87. The Hall–Kier alpha value is -1.68. The van der Waals surface area contributed by atoms with Crippen molar-refractivity contribution in [3.8, 4) is 0 Å². The molecule has 0 aliphatic rings. The van der Waals surface area contributed by atoms with Crippen LogP contribution in [-0.4, -0.2) is 10.9 Å². The molecule has 0 aliphatic heterocycles. The first kappa shape index (κ1) is 13.7. The number of aromatic nitrogens is 1. The molecule has 2 aromatic rings. The molecule has 2 rings (SSSR count). The Labute approximate surface area is 117 Å². The van der Waals surface area contributed by atoms with E-state index in [1.54, 1.807) is 11.3 Å². The minimum Gasteiger partial charge on any atom is -0.326 e. The predicted molar refractivity (Wildman–Crippen MR) is 79.7 cm³/mol. The highest BCUT2D eigenvalue weighted by atomic mass is 32.1. The Morgan fingerprint density at radius 1 is 1.26 bits per heavy atom. The van der Waals surface area contributed by atoms with Crippen LogP contribution in [0.1, 0.15) is 28.1 Å². The minimum atomic E-state index is -0.0137. The number of hydrogen-bond acceptors (Lipinski definition) is 3. The average molecular weight is 274 g/mol. The minimum absolute atomic E-state index is 0.0137. The van der Waals surface area contributed by atoms with Gasteiger partial charge in [0.05, 0.1) is 12.1 Å². The monoisotopic (exact) mass is 274 g/mol. The zero-order valence-electron chi connectivity index (χ0n) is 11.5. The van der Waals surface area contributed by atoms with Gasteiger partial charge in [-0.3, -0.25) is 4.79 Å². The Balaban J connectivity index is 1.99. The molecule has 0 unspecified atom stereocenters. The van der Waals surface area contributed by atoms with Crippen LogP contribution >= 0.6 is 11.3 Å². The lowest BCUT2D eigenvalue weighted by atomic mass is 10.2. The van der Waals surface area contributed by atoms with E-state index in [1.165, 1.54) is 10.4 Å². The Morgan fingerprint density at radius 2 is 1.95 bits per heavy atom. The molecule has 4 heteroatoms. The Morgan fingerprint density at radius 3 is 2.53 bits per heavy atom. The van der Waals surface area contributed by atoms with Gasteiger partial charge in [-0.25, -0.2) is 4.98 Å². The molecule has 0 spiro atoms. The van der Waals surface area contributed by atoms with Crippen molar-refractivity contribution in [2.24, 2.45) is 0 Å². The average Bonchev–Trinajstić information content (AvgIpc) is 2.72. The molecule has 0 bridgehead atoms. The number of nitrogens with zero attached hydrogens (tertiary/aromatic N) is 1. The number of aryl methyl sites for hydroxylation is 3. The van der Waals surface area contributed by atoms with Crippen LogP contribution in [0.5, 0.6) is 0 Å². The van der Waals surface area contributed by atoms with Gasteiger partial charge in [-0.05, 0) is 32.4 Å². The van der Waals surface area contributed by atoms with Gasteiger partial charge in [0.1, 0.15) is 5.01 Å². The number of nitrogens with one attached hydrogen (secondary N) is 1. The van der Waals surface area contributed by atoms with E-state index in [9.17, 15) is 4.79 Å². The topological polar surface area (TPSA) is 42.0 Å². The molecule has 1 amide bonds. The Bertz CT molecular complexity index is 572. The largest absolute Gasteiger partial charge is 0.326 e. The van der Waals surface area contributed by atoms with E-state index in [0.29, 0.717) is 6.42 Å². The maximum Gasteiger partial charge on any atom is 0.231 e. The summed E-state index contributed by atoms with van der Waals surface area (Å²) >= 11 is 1.61. The van der Waals surface area contributed by atoms with Gasteiger partial charge in [0.15, 0.2) is 0 Å². The fraction of sp³-hybridized carbons (Fsp3) is 0.333. The van der Waals surface area contributed by atoms with Crippen molar-refractivity contribution < 1.29 is 4.79 Å². The van der Waals surface area contributed by atoms with Crippen LogP contribution in [0.15, 0.2) is 24.3 Å². The van der Waals surface area contributed by atoms with Gasteiger partial charge in [0.2, 0.25) is 5.91 Å². The van der Waals surface area contributed by atoms with Crippen LogP contribution < -0.4 is 5.32 Å². The number of hydrogen-bond donors (Lipinski definition) is 1. The second-order valence-electron chi connectivity index (χ2n) is 4.56. The molecule has 1 aromatic carbocycles. The summed E-state index contributed by atoms with van der Waals surface area (Å²) in [4.78, 5) is 17.6. The van der Waals surface area contributed by atoms with Gasteiger partial charge in [0, 0.05) is 10.6 Å². The highest BCUT2D eigenvalue weighted by Crippen LogP contribution is 2.19. The molecule has 19 heavy (non-hydrogen) atoms. The summed E-state index contributed by atoms with van der Waals surface area (Å²) in [5, 5.41) is 3.78. The summed E-state index contributed by atoms with van der Waals surface area (Å²) in [7, 11) is 0. The van der Waals surface area contributed by atoms with E-state index < -0.39 is 0 Å². The van der Waals surface area contributed by atoms with Crippen LogP contribution in [0.2, 0.25) is 0 Å². The van der Waals surface area contributed by atoms with Crippen molar-refractivity contribution in [2.75, 3.05) is 5.32 Å². The zero-order valence-corrected chi connectivity index (χ0v) is 12.3. The highest BCUT2D eigenvalue weighted by molar-refractivity contribution is 7.11. The third kappa shape index (κ3) is 3.64. The molecule has 0 radical (unpaired) electrons. The Kier molecular flexibility index (Phi) is 4.32. The van der Waals surface area contributed by atoms with Crippen molar-refractivity contribution in [1.82, 2.24) is 4.98 Å². The zero-order chi connectivity index (χ0) is 13.8. The van der Waals surface area contributed by atoms with E-state index in [4.69, 9.17) is 0 Å². The molecule has 3 nitrogen and oxygen atoms in total. The summed E-state index contributed by atoms with van der Waals surface area (Å²) < 4.78 is 0. The molecule has 0 aliphatic carbocycles. The number of carbonyl (C=O) groups excluding carboxylic acids is 1. The smallest absolute Gasteiger partial charge is 0.231 e. The summed E-state index contributed by atoms with van der Waals surface area (Å²) in [5.74, 6) is -0.0137. The second kappa shape index (κ2) is 5.97. The van der Waals surface area contributed by atoms with E-state index in [1.807, 2.05) is 31.2 Å². The molecule has 1 aromatic heterocycles. The highest BCUT2D eigenvalue weighted by Gasteiger charge is 2.10. The van der Waals surface area contributed by atoms with Gasteiger partial charge >= 0.3 is 0 Å². The van der Waals surface area contributed by atoms with Crippen LogP contribution in [-0.2, 0) is 17.6 Å². The molecule has 1 heterocycles. The van der Waals surface area contributed by atoms with E-state index in [2.05, 4.69) is 24.1 Å². The molecule has 0 fully saturated rings. The summed E-state index contributed by atoms with van der Waals surface area (Å²) in [5.41, 5.74) is 3.11. The van der Waals surface area contributed by atoms with Gasteiger partial charge in [0.25, 0.3) is 0 Å². The summed E-state index contributed by atoms with van der Waals surface area (Å²) in [6.45, 7) is 6.16.